The van der Waals surface area contributed by atoms with Crippen LogP contribution in [0.1, 0.15) is 66.5 Å². The predicted octanol–water partition coefficient (Wildman–Crippen LogP) is 6.55. The summed E-state index contributed by atoms with van der Waals surface area (Å²) in [5, 5.41) is 24.0. The van der Waals surface area contributed by atoms with Crippen LogP contribution in [0.5, 0.6) is 0 Å². The van der Waals surface area contributed by atoms with Crippen LogP contribution < -0.4 is 16.0 Å². The third-order valence-electron chi connectivity index (χ3n) is 9.43. The molecule has 0 aliphatic carbocycles. The van der Waals surface area contributed by atoms with Crippen molar-refractivity contribution in [2.45, 2.75) is 71.7 Å². The number of imide groups is 1. The number of aliphatic hydroxyl groups is 1. The molecule has 2 aliphatic heterocycles. The van der Waals surface area contributed by atoms with Crippen molar-refractivity contribution in [3.63, 3.8) is 0 Å². The SMILES string of the molecule is Cc1noc(C)c1-c1cc(NCCCCCOCC(=O)Nc2cccc3c2CN(C2CCC(=O)NC2=O)C3O)c(C)c(-c2ccc(Br)cc2)c1. The second kappa shape index (κ2) is 15.7. The molecule has 3 aromatic carbocycles. The van der Waals surface area contributed by atoms with Gasteiger partial charge in [0.05, 0.1) is 11.7 Å². The van der Waals surface area contributed by atoms with Crippen molar-refractivity contribution in [1.29, 1.82) is 0 Å². The molecule has 1 fully saturated rings. The third-order valence-corrected chi connectivity index (χ3v) is 9.96. The first-order valence-corrected chi connectivity index (χ1v) is 17.7. The number of nitrogens with zero attached hydrogens (tertiary/aromatic N) is 2. The van der Waals surface area contributed by atoms with E-state index in [1.165, 1.54) is 5.56 Å². The van der Waals surface area contributed by atoms with E-state index in [0.29, 0.717) is 24.3 Å². The maximum Gasteiger partial charge on any atom is 0.250 e. The van der Waals surface area contributed by atoms with Crippen LogP contribution >= 0.6 is 15.9 Å². The van der Waals surface area contributed by atoms with Gasteiger partial charge >= 0.3 is 0 Å². The second-order valence-electron chi connectivity index (χ2n) is 12.9. The number of anilines is 2. The van der Waals surface area contributed by atoms with Crippen molar-refractivity contribution in [3.05, 3.63) is 87.2 Å². The Morgan fingerprint density at radius 2 is 1.86 bits per heavy atom. The zero-order chi connectivity index (χ0) is 35.4. The average Bonchev–Trinajstić information content (AvgIpc) is 3.61. The summed E-state index contributed by atoms with van der Waals surface area (Å²) in [4.78, 5) is 38.4. The molecule has 0 radical (unpaired) electrons. The number of carbonyl (C=O) groups excluding carboxylic acids is 3. The van der Waals surface area contributed by atoms with Gasteiger partial charge in [-0.05, 0) is 105 Å². The van der Waals surface area contributed by atoms with Crippen molar-refractivity contribution in [2.24, 2.45) is 0 Å². The summed E-state index contributed by atoms with van der Waals surface area (Å²) in [7, 11) is 0. The van der Waals surface area contributed by atoms with Gasteiger partial charge in [0.1, 0.15) is 18.6 Å². The zero-order valence-corrected chi connectivity index (χ0v) is 30.1. The van der Waals surface area contributed by atoms with Crippen LogP contribution in [0, 0.1) is 20.8 Å². The highest BCUT2D eigenvalue weighted by Crippen LogP contribution is 2.39. The standard InChI is InChI=1S/C38H42BrN5O6/c1-22-29(25-10-12-27(39)13-11-25)18-26(36-23(2)43-50-24(36)3)19-32(22)40-16-5-4-6-17-49-21-35(46)41-31-9-7-8-28-30(31)20-44(38(28)48)33-14-15-34(45)42-37(33)47/h7-13,18-19,33,38,40,48H,4-6,14-17,20-21H2,1-3H3,(H,41,46)(H,42,45,47). The zero-order valence-electron chi connectivity index (χ0n) is 28.5. The number of carbonyl (C=O) groups is 3. The molecule has 1 saturated heterocycles. The van der Waals surface area contributed by atoms with Crippen LogP contribution in [0.3, 0.4) is 0 Å². The number of ether oxygens (including phenoxy) is 1. The number of aliphatic hydroxyl groups excluding tert-OH is 1. The fourth-order valence-corrected chi connectivity index (χ4v) is 7.08. The molecule has 1 aromatic heterocycles. The predicted molar refractivity (Wildman–Crippen MR) is 194 cm³/mol. The van der Waals surface area contributed by atoms with E-state index in [0.717, 1.165) is 75.2 Å². The Bertz CT molecular complexity index is 1870. The number of fused-ring (bicyclic) bond motifs is 1. The molecule has 12 heteroatoms. The van der Waals surface area contributed by atoms with E-state index in [2.05, 4.69) is 68.2 Å². The lowest BCUT2D eigenvalue weighted by Gasteiger charge is -2.31. The number of aryl methyl sites for hydroxylation is 2. The van der Waals surface area contributed by atoms with Gasteiger partial charge in [-0.25, -0.2) is 0 Å². The van der Waals surface area contributed by atoms with Crippen molar-refractivity contribution in [2.75, 3.05) is 30.4 Å². The van der Waals surface area contributed by atoms with Gasteiger partial charge in [0.25, 0.3) is 0 Å². The highest BCUT2D eigenvalue weighted by atomic mass is 79.9. The Kier molecular flexibility index (Phi) is 11.1. The minimum Gasteiger partial charge on any atom is -0.385 e. The number of unbranched alkanes of at least 4 members (excludes halogenated alkanes) is 2. The molecule has 2 atom stereocenters. The molecule has 6 rings (SSSR count). The largest absolute Gasteiger partial charge is 0.385 e. The highest BCUT2D eigenvalue weighted by molar-refractivity contribution is 9.10. The third kappa shape index (κ3) is 7.83. The molecule has 50 heavy (non-hydrogen) atoms. The number of rotatable bonds is 13. The van der Waals surface area contributed by atoms with Crippen LogP contribution in [0.15, 0.2) is 63.6 Å². The molecule has 0 bridgehead atoms. The quantitative estimate of drug-likeness (QED) is 0.0885. The van der Waals surface area contributed by atoms with Crippen molar-refractivity contribution >= 4 is 45.0 Å². The van der Waals surface area contributed by atoms with Crippen LogP contribution in [0.4, 0.5) is 11.4 Å². The van der Waals surface area contributed by atoms with Gasteiger partial charge in [-0.1, -0.05) is 45.4 Å². The van der Waals surface area contributed by atoms with Gasteiger partial charge < -0.3 is 25.0 Å². The summed E-state index contributed by atoms with van der Waals surface area (Å²) in [6.07, 6.45) is 2.23. The molecule has 0 spiro atoms. The number of piperidine rings is 1. The molecule has 4 aromatic rings. The van der Waals surface area contributed by atoms with E-state index in [9.17, 15) is 19.5 Å². The Hall–Kier alpha value is -4.36. The van der Waals surface area contributed by atoms with Crippen LogP contribution in [0.2, 0.25) is 0 Å². The number of nitrogens with one attached hydrogen (secondary N) is 3. The molecular weight excluding hydrogens is 702 g/mol. The smallest absolute Gasteiger partial charge is 0.250 e. The van der Waals surface area contributed by atoms with E-state index in [-0.39, 0.29) is 31.4 Å². The Labute approximate surface area is 299 Å². The number of hydrogen-bond donors (Lipinski definition) is 4. The summed E-state index contributed by atoms with van der Waals surface area (Å²) in [5.74, 6) is -0.217. The number of hydrogen-bond acceptors (Lipinski definition) is 9. The first-order valence-electron chi connectivity index (χ1n) is 16.9. The average molecular weight is 745 g/mol. The van der Waals surface area contributed by atoms with Crippen LogP contribution in [-0.4, -0.2) is 58.7 Å². The monoisotopic (exact) mass is 743 g/mol. The minimum absolute atomic E-state index is 0.0894. The van der Waals surface area contributed by atoms with E-state index < -0.39 is 18.2 Å². The maximum absolute atomic E-state index is 12.8. The summed E-state index contributed by atoms with van der Waals surface area (Å²) in [6, 6.07) is 17.4. The van der Waals surface area contributed by atoms with Gasteiger partial charge in [-0.3, -0.25) is 24.6 Å². The van der Waals surface area contributed by atoms with Crippen LogP contribution in [0.25, 0.3) is 22.3 Å². The lowest BCUT2D eigenvalue weighted by atomic mass is 9.93. The summed E-state index contributed by atoms with van der Waals surface area (Å²) in [6.45, 7) is 7.46. The topological polar surface area (TPSA) is 146 Å². The van der Waals surface area contributed by atoms with Gasteiger partial charge in [0, 0.05) is 53.1 Å². The molecule has 262 valence electrons. The summed E-state index contributed by atoms with van der Waals surface area (Å²) >= 11 is 3.54. The molecular formula is C38H42BrN5O6. The maximum atomic E-state index is 12.8. The number of benzene rings is 3. The first-order chi connectivity index (χ1) is 24.1. The van der Waals surface area contributed by atoms with Gasteiger partial charge in [-0.2, -0.15) is 0 Å². The summed E-state index contributed by atoms with van der Waals surface area (Å²) in [5.41, 5.74) is 9.40. The van der Waals surface area contributed by atoms with Crippen LogP contribution in [-0.2, 0) is 25.7 Å². The normalized spacial score (nSPS) is 17.5. The van der Waals surface area contributed by atoms with E-state index in [1.54, 1.807) is 23.1 Å². The molecule has 11 nitrogen and oxygen atoms in total. The minimum atomic E-state index is -1.000. The number of halogens is 1. The fourth-order valence-electron chi connectivity index (χ4n) is 6.81. The summed E-state index contributed by atoms with van der Waals surface area (Å²) < 4.78 is 12.2. The number of aromatic nitrogens is 1. The molecule has 2 unspecified atom stereocenters. The van der Waals surface area contributed by atoms with E-state index >= 15 is 0 Å². The van der Waals surface area contributed by atoms with Gasteiger partial charge in [0.15, 0.2) is 0 Å². The number of amides is 3. The van der Waals surface area contributed by atoms with Crippen molar-refractivity contribution in [1.82, 2.24) is 15.4 Å². The Morgan fingerprint density at radius 1 is 1.06 bits per heavy atom. The van der Waals surface area contributed by atoms with Gasteiger partial charge in [0.2, 0.25) is 17.7 Å². The first kappa shape index (κ1) is 35.5. The lowest BCUT2D eigenvalue weighted by Crippen LogP contribution is -2.51. The molecule has 0 saturated carbocycles. The molecule has 4 N–H and O–H groups in total. The lowest BCUT2D eigenvalue weighted by molar-refractivity contribution is -0.141. The Morgan fingerprint density at radius 3 is 2.60 bits per heavy atom. The molecule has 3 amide bonds. The Balaban J connectivity index is 0.971. The molecule has 2 aliphatic rings. The van der Waals surface area contributed by atoms with E-state index in [4.69, 9.17) is 9.26 Å². The molecule has 3 heterocycles. The second-order valence-corrected chi connectivity index (χ2v) is 13.8. The van der Waals surface area contributed by atoms with Crippen molar-refractivity contribution in [3.8, 4) is 22.3 Å². The fraction of sp³-hybridized carbons (Fsp3) is 0.368. The van der Waals surface area contributed by atoms with Crippen molar-refractivity contribution < 1.29 is 28.8 Å². The van der Waals surface area contributed by atoms with E-state index in [1.807, 2.05) is 26.0 Å². The highest BCUT2D eigenvalue weighted by Gasteiger charge is 2.40. The van der Waals surface area contributed by atoms with Gasteiger partial charge in [-0.15, -0.1) is 0 Å².